The van der Waals surface area contributed by atoms with Crippen molar-refractivity contribution in [1.29, 1.82) is 0 Å². The highest BCUT2D eigenvalue weighted by atomic mass is 32.1. The number of hydrogen-bond acceptors (Lipinski definition) is 5. The van der Waals surface area contributed by atoms with Crippen molar-refractivity contribution in [2.24, 2.45) is 5.92 Å². The second-order valence-corrected chi connectivity index (χ2v) is 9.74. The molecule has 3 aromatic rings. The van der Waals surface area contributed by atoms with E-state index in [1.54, 1.807) is 18.2 Å². The van der Waals surface area contributed by atoms with Crippen molar-refractivity contribution < 1.29 is 19.5 Å². The number of benzene rings is 3. The van der Waals surface area contributed by atoms with Crippen molar-refractivity contribution in [2.45, 2.75) is 45.2 Å². The number of rotatable bonds is 15. The van der Waals surface area contributed by atoms with Gasteiger partial charge in [-0.2, -0.15) is 12.6 Å². The molecule has 200 valence electrons. The molecule has 0 bridgehead atoms. The number of hydrogen-bond donors (Lipinski definition) is 4. The molecule has 0 saturated heterocycles. The molecule has 38 heavy (non-hydrogen) atoms. The van der Waals surface area contributed by atoms with E-state index in [0.29, 0.717) is 30.7 Å². The molecule has 0 fully saturated rings. The van der Waals surface area contributed by atoms with E-state index in [2.05, 4.69) is 30.2 Å². The van der Waals surface area contributed by atoms with E-state index in [1.807, 2.05) is 60.7 Å². The van der Waals surface area contributed by atoms with Crippen LogP contribution in [0.25, 0.3) is 11.1 Å². The highest BCUT2D eigenvalue weighted by Gasteiger charge is 2.22. The molecule has 7 heteroatoms. The lowest BCUT2D eigenvalue weighted by Crippen LogP contribution is -2.44. The van der Waals surface area contributed by atoms with Crippen LogP contribution >= 0.6 is 12.6 Å². The molecule has 3 N–H and O–H groups in total. The van der Waals surface area contributed by atoms with Crippen LogP contribution in [0.3, 0.4) is 0 Å². The number of carbonyl (C=O) groups is 3. The molecule has 0 aliphatic rings. The minimum absolute atomic E-state index is 0.0236. The summed E-state index contributed by atoms with van der Waals surface area (Å²) in [5, 5.41) is 15.6. The number of amides is 1. The van der Waals surface area contributed by atoms with Gasteiger partial charge in [-0.05, 0) is 41.2 Å². The van der Waals surface area contributed by atoms with Crippen LogP contribution in [-0.4, -0.2) is 41.1 Å². The van der Waals surface area contributed by atoms with Gasteiger partial charge in [-0.1, -0.05) is 92.6 Å². The minimum atomic E-state index is -0.962. The van der Waals surface area contributed by atoms with Crippen LogP contribution in [0.5, 0.6) is 0 Å². The Kier molecular flexibility index (Phi) is 11.6. The topological polar surface area (TPSA) is 95.5 Å². The zero-order chi connectivity index (χ0) is 27.3. The Bertz CT molecular complexity index is 1200. The van der Waals surface area contributed by atoms with Gasteiger partial charge in [-0.3, -0.25) is 9.59 Å². The lowest BCUT2D eigenvalue weighted by Gasteiger charge is -2.19. The first-order valence-corrected chi connectivity index (χ1v) is 13.7. The summed E-state index contributed by atoms with van der Waals surface area (Å²) in [6.07, 6.45) is 3.13. The minimum Gasteiger partial charge on any atom is -0.478 e. The van der Waals surface area contributed by atoms with E-state index >= 15 is 0 Å². The monoisotopic (exact) mass is 532 g/mol. The number of Topliss-reactive ketones (excluding diaryl/α,β-unsaturated/α-hetero) is 1. The molecule has 3 aromatic carbocycles. The maximum absolute atomic E-state index is 13.0. The van der Waals surface area contributed by atoms with Gasteiger partial charge in [0.1, 0.15) is 0 Å². The molecule has 0 aromatic heterocycles. The Hall–Kier alpha value is -3.42. The van der Waals surface area contributed by atoms with Gasteiger partial charge in [-0.25, -0.2) is 4.79 Å². The van der Waals surface area contributed by atoms with Crippen LogP contribution < -0.4 is 10.6 Å². The molecule has 6 nitrogen and oxygen atoms in total. The van der Waals surface area contributed by atoms with Gasteiger partial charge in [0.2, 0.25) is 5.91 Å². The number of carbonyl (C=O) groups excluding carboxylic acids is 2. The normalized spacial score (nSPS) is 12.5. The lowest BCUT2D eigenvalue weighted by molar-refractivity contribution is -0.128. The van der Waals surface area contributed by atoms with E-state index in [9.17, 15) is 19.5 Å². The number of carboxylic acid groups (broad SMARTS) is 1. The van der Waals surface area contributed by atoms with Crippen LogP contribution in [-0.2, 0) is 22.6 Å². The van der Waals surface area contributed by atoms with Gasteiger partial charge in [-0.15, -0.1) is 0 Å². The fraction of sp³-hybridized carbons (Fsp3) is 0.323. The zero-order valence-electron chi connectivity index (χ0n) is 21.7. The van der Waals surface area contributed by atoms with Crippen LogP contribution in [0.4, 0.5) is 0 Å². The molecular weight excluding hydrogens is 496 g/mol. The van der Waals surface area contributed by atoms with E-state index in [1.165, 1.54) is 0 Å². The molecule has 3 rings (SSSR count). The lowest BCUT2D eigenvalue weighted by atomic mass is 9.98. The number of carboxylic acids is 1. The fourth-order valence-electron chi connectivity index (χ4n) is 4.33. The van der Waals surface area contributed by atoms with E-state index in [-0.39, 0.29) is 35.8 Å². The predicted octanol–water partition coefficient (Wildman–Crippen LogP) is 5.17. The van der Waals surface area contributed by atoms with Gasteiger partial charge in [0, 0.05) is 12.3 Å². The highest BCUT2D eigenvalue weighted by Crippen LogP contribution is 2.24. The third kappa shape index (κ3) is 8.57. The van der Waals surface area contributed by atoms with Crippen LogP contribution in [0.15, 0.2) is 78.9 Å². The Morgan fingerprint density at radius 1 is 0.895 bits per heavy atom. The zero-order valence-corrected chi connectivity index (χ0v) is 22.6. The summed E-state index contributed by atoms with van der Waals surface area (Å²) in [6.45, 7) is 2.55. The molecule has 0 saturated carbocycles. The maximum atomic E-state index is 13.0. The van der Waals surface area contributed by atoms with Crippen LogP contribution in [0, 0.1) is 5.92 Å². The molecular formula is C31H36N2O4S. The number of ketones is 1. The van der Waals surface area contributed by atoms with Crippen molar-refractivity contribution in [1.82, 2.24) is 10.6 Å². The second kappa shape index (κ2) is 15.1. The van der Waals surface area contributed by atoms with Crippen molar-refractivity contribution in [3.8, 4) is 11.1 Å². The molecule has 0 heterocycles. The summed E-state index contributed by atoms with van der Waals surface area (Å²) < 4.78 is 0. The molecule has 2 unspecified atom stereocenters. The maximum Gasteiger partial charge on any atom is 0.336 e. The molecule has 0 radical (unpaired) electrons. The van der Waals surface area contributed by atoms with Gasteiger partial charge < -0.3 is 15.7 Å². The van der Waals surface area contributed by atoms with E-state index < -0.39 is 5.97 Å². The molecule has 0 spiro atoms. The summed E-state index contributed by atoms with van der Waals surface area (Å²) in [7, 11) is 0. The summed E-state index contributed by atoms with van der Waals surface area (Å²) >= 11 is 4.35. The van der Waals surface area contributed by atoms with Crippen molar-refractivity contribution >= 4 is 30.3 Å². The van der Waals surface area contributed by atoms with E-state index in [4.69, 9.17) is 0 Å². The average Bonchev–Trinajstić information content (AvgIpc) is 2.95. The van der Waals surface area contributed by atoms with Crippen LogP contribution in [0.1, 0.15) is 47.7 Å². The van der Waals surface area contributed by atoms with Gasteiger partial charge in [0.25, 0.3) is 0 Å². The molecule has 0 aliphatic carbocycles. The first-order valence-electron chi connectivity index (χ1n) is 13.0. The van der Waals surface area contributed by atoms with Crippen LogP contribution in [0.2, 0.25) is 0 Å². The number of nitrogens with one attached hydrogen (secondary N) is 2. The van der Waals surface area contributed by atoms with Gasteiger partial charge >= 0.3 is 5.97 Å². The molecule has 1 amide bonds. The Labute approximate surface area is 230 Å². The third-order valence-electron chi connectivity index (χ3n) is 6.56. The average molecular weight is 533 g/mol. The first kappa shape index (κ1) is 29.1. The van der Waals surface area contributed by atoms with Gasteiger partial charge in [0.15, 0.2) is 5.78 Å². The summed E-state index contributed by atoms with van der Waals surface area (Å²) in [6, 6.07) is 24.0. The largest absolute Gasteiger partial charge is 0.478 e. The first-order chi connectivity index (χ1) is 18.4. The summed E-state index contributed by atoms with van der Waals surface area (Å²) in [4.78, 5) is 37.3. The van der Waals surface area contributed by atoms with Crippen molar-refractivity contribution in [2.75, 3.05) is 12.3 Å². The molecule has 2 atom stereocenters. The number of unbranched alkanes of at least 4 members (excludes halogenated alkanes) is 1. The number of thiol groups is 1. The smallest absolute Gasteiger partial charge is 0.336 e. The SMILES string of the molecule is CCCCC(NCc1ccc(-c2ccccc2C(=O)O)cc1)C(=O)CNC(=O)C(CS)Cc1ccccc1. The molecule has 0 aliphatic heterocycles. The quantitative estimate of drug-likeness (QED) is 0.203. The highest BCUT2D eigenvalue weighted by molar-refractivity contribution is 7.80. The van der Waals surface area contributed by atoms with E-state index in [0.717, 1.165) is 29.5 Å². The Balaban J connectivity index is 1.57. The van der Waals surface area contributed by atoms with Gasteiger partial charge in [0.05, 0.1) is 24.1 Å². The van der Waals surface area contributed by atoms with Crippen molar-refractivity contribution in [3.63, 3.8) is 0 Å². The second-order valence-electron chi connectivity index (χ2n) is 9.38. The standard InChI is InChI=1S/C31H36N2O4S/c1-2-3-13-28(29(34)20-33-30(35)25(21-38)18-22-9-5-4-6-10-22)32-19-23-14-16-24(17-15-23)26-11-7-8-12-27(26)31(36)37/h4-12,14-17,25,28,32,38H,2-3,13,18-21H2,1H3,(H,33,35)(H,36,37). The predicted molar refractivity (Wildman–Crippen MR) is 154 cm³/mol. The Morgan fingerprint density at radius 2 is 1.58 bits per heavy atom. The fourth-order valence-corrected chi connectivity index (χ4v) is 4.63. The third-order valence-corrected chi connectivity index (χ3v) is 7.00. The van der Waals surface area contributed by atoms with Crippen molar-refractivity contribution in [3.05, 3.63) is 95.6 Å². The Morgan fingerprint density at radius 3 is 2.24 bits per heavy atom. The summed E-state index contributed by atoms with van der Waals surface area (Å²) in [5.41, 5.74) is 3.79. The summed E-state index contributed by atoms with van der Waals surface area (Å²) in [5.74, 6) is -1.07. The number of aromatic carboxylic acids is 1.